The number of aliphatic hydroxyl groups is 2. The van der Waals surface area contributed by atoms with E-state index in [2.05, 4.69) is 103 Å². The number of ether oxygens (including phenoxy) is 2. The average Bonchev–Trinajstić information content (AvgIpc) is 3.27. The molecule has 0 aromatic heterocycles. The van der Waals surface area contributed by atoms with E-state index in [1.165, 1.54) is 70.6 Å². The van der Waals surface area contributed by atoms with Gasteiger partial charge in [-0.15, -0.1) is 0 Å². The van der Waals surface area contributed by atoms with Crippen LogP contribution in [0.2, 0.25) is 0 Å². The largest absolute Gasteiger partial charge is 0.472 e. The molecule has 0 rings (SSSR count). The van der Waals surface area contributed by atoms with Crippen molar-refractivity contribution in [3.05, 3.63) is 97.2 Å². The molecule has 10 nitrogen and oxygen atoms in total. The number of carbonyl (C=O) groups excluding carboxylic acids is 2. The Morgan fingerprint density at radius 1 is 0.492 bits per heavy atom. The lowest BCUT2D eigenvalue weighted by Gasteiger charge is -2.20. The van der Waals surface area contributed by atoms with E-state index in [1.54, 1.807) is 0 Å². The van der Waals surface area contributed by atoms with Gasteiger partial charge < -0.3 is 24.6 Å². The molecule has 0 aromatic rings. The summed E-state index contributed by atoms with van der Waals surface area (Å²) in [6.07, 6.45) is 58.1. The van der Waals surface area contributed by atoms with Gasteiger partial charge in [0, 0.05) is 12.8 Å². The molecule has 0 spiro atoms. The van der Waals surface area contributed by atoms with Gasteiger partial charge in [-0.2, -0.15) is 0 Å². The van der Waals surface area contributed by atoms with Crippen molar-refractivity contribution in [2.75, 3.05) is 26.4 Å². The highest BCUT2D eigenvalue weighted by Gasteiger charge is 2.27. The molecule has 0 amide bonds. The van der Waals surface area contributed by atoms with Crippen molar-refractivity contribution in [2.45, 2.75) is 193 Å². The first-order valence-electron chi connectivity index (χ1n) is 24.2. The first kappa shape index (κ1) is 59.9. The van der Waals surface area contributed by atoms with Crippen molar-refractivity contribution < 1.29 is 47.8 Å². The van der Waals surface area contributed by atoms with Crippen molar-refractivity contribution in [3.63, 3.8) is 0 Å². The Labute approximate surface area is 383 Å². The number of esters is 2. The SMILES string of the molecule is CC/C=C\C/C=C\C/C=C\C/C=C\C/C=C\C/C=C\CCC(=O)OC(COC(=O)CCCCCCCCCCC/C=C\C/C=C\CCCCCCC)COP(=O)(O)OCC(O)CO. The Morgan fingerprint density at radius 3 is 1.38 bits per heavy atom. The highest BCUT2D eigenvalue weighted by atomic mass is 31.2. The number of allylic oxidation sites excluding steroid dienone is 16. The Balaban J connectivity index is 4.35. The summed E-state index contributed by atoms with van der Waals surface area (Å²) in [6, 6.07) is 0. The third-order valence-electron chi connectivity index (χ3n) is 9.74. The Hall–Kier alpha value is -3.11. The van der Waals surface area contributed by atoms with E-state index in [4.69, 9.17) is 19.1 Å². The van der Waals surface area contributed by atoms with E-state index in [-0.39, 0.29) is 19.4 Å². The monoisotopic (exact) mass is 903 g/mol. The van der Waals surface area contributed by atoms with Crippen LogP contribution < -0.4 is 0 Å². The molecule has 0 saturated carbocycles. The maximum atomic E-state index is 12.6. The average molecular weight is 903 g/mol. The zero-order chi connectivity index (χ0) is 46.2. The third-order valence-corrected chi connectivity index (χ3v) is 10.7. The second-order valence-electron chi connectivity index (χ2n) is 15.7. The number of unbranched alkanes of at least 4 members (excludes halogenated alkanes) is 14. The van der Waals surface area contributed by atoms with Gasteiger partial charge in [-0.1, -0.05) is 182 Å². The summed E-state index contributed by atoms with van der Waals surface area (Å²) in [5.74, 6) is -1.03. The highest BCUT2D eigenvalue weighted by Crippen LogP contribution is 2.43. The first-order chi connectivity index (χ1) is 30.7. The lowest BCUT2D eigenvalue weighted by Crippen LogP contribution is -2.29. The van der Waals surface area contributed by atoms with Crippen LogP contribution in [0.3, 0.4) is 0 Å². The maximum absolute atomic E-state index is 12.6. The Kier molecular flexibility index (Phi) is 44.6. The van der Waals surface area contributed by atoms with Gasteiger partial charge in [0.15, 0.2) is 6.10 Å². The van der Waals surface area contributed by atoms with Gasteiger partial charge in [0.25, 0.3) is 0 Å². The van der Waals surface area contributed by atoms with Crippen LogP contribution in [0.25, 0.3) is 0 Å². The van der Waals surface area contributed by atoms with Crippen LogP contribution in [0.4, 0.5) is 0 Å². The molecule has 0 aliphatic rings. The molecular formula is C52H87O10P. The number of rotatable bonds is 44. The number of hydrogen-bond acceptors (Lipinski definition) is 9. The first-order valence-corrected chi connectivity index (χ1v) is 25.7. The van der Waals surface area contributed by atoms with Crippen LogP contribution in [0, 0.1) is 0 Å². The number of carbonyl (C=O) groups is 2. The summed E-state index contributed by atoms with van der Waals surface area (Å²) in [7, 11) is -4.65. The van der Waals surface area contributed by atoms with Crippen LogP contribution in [-0.2, 0) is 32.7 Å². The second-order valence-corrected chi connectivity index (χ2v) is 17.2. The summed E-state index contributed by atoms with van der Waals surface area (Å²) >= 11 is 0. The molecule has 0 fully saturated rings. The molecule has 360 valence electrons. The van der Waals surface area contributed by atoms with E-state index in [0.717, 1.165) is 70.6 Å². The molecule has 3 N–H and O–H groups in total. The molecule has 3 unspecified atom stereocenters. The van der Waals surface area contributed by atoms with Gasteiger partial charge >= 0.3 is 19.8 Å². The number of aliphatic hydroxyl groups excluding tert-OH is 2. The van der Waals surface area contributed by atoms with Crippen molar-refractivity contribution in [1.82, 2.24) is 0 Å². The number of phosphoric ester groups is 1. The fraction of sp³-hybridized carbons (Fsp3) is 0.654. The fourth-order valence-electron chi connectivity index (χ4n) is 6.05. The minimum absolute atomic E-state index is 0.0530. The van der Waals surface area contributed by atoms with Crippen molar-refractivity contribution >= 4 is 19.8 Å². The number of hydrogen-bond donors (Lipinski definition) is 3. The predicted octanol–water partition coefficient (Wildman–Crippen LogP) is 13.6. The normalized spacial score (nSPS) is 14.6. The zero-order valence-electron chi connectivity index (χ0n) is 39.3. The van der Waals surface area contributed by atoms with Gasteiger partial charge in [0.1, 0.15) is 12.7 Å². The third kappa shape index (κ3) is 46.7. The smallest absolute Gasteiger partial charge is 0.462 e. The minimum Gasteiger partial charge on any atom is -0.462 e. The summed E-state index contributed by atoms with van der Waals surface area (Å²) in [6.45, 7) is 2.16. The van der Waals surface area contributed by atoms with Crippen LogP contribution in [0.15, 0.2) is 97.2 Å². The van der Waals surface area contributed by atoms with Crippen LogP contribution in [0.5, 0.6) is 0 Å². The van der Waals surface area contributed by atoms with E-state index < -0.39 is 51.8 Å². The van der Waals surface area contributed by atoms with E-state index in [0.29, 0.717) is 12.8 Å². The van der Waals surface area contributed by atoms with Gasteiger partial charge in [-0.25, -0.2) is 4.57 Å². The highest BCUT2D eigenvalue weighted by molar-refractivity contribution is 7.47. The zero-order valence-corrected chi connectivity index (χ0v) is 40.1. The lowest BCUT2D eigenvalue weighted by atomic mass is 10.1. The number of phosphoric acid groups is 1. The molecule has 0 aromatic carbocycles. The van der Waals surface area contributed by atoms with Crippen LogP contribution in [0.1, 0.15) is 181 Å². The molecule has 0 radical (unpaired) electrons. The lowest BCUT2D eigenvalue weighted by molar-refractivity contribution is -0.161. The van der Waals surface area contributed by atoms with E-state index in [9.17, 15) is 24.2 Å². The van der Waals surface area contributed by atoms with Crippen LogP contribution in [-0.4, -0.2) is 65.7 Å². The molecule has 0 saturated heterocycles. The summed E-state index contributed by atoms with van der Waals surface area (Å²) in [5, 5.41) is 18.4. The quantitative estimate of drug-likeness (QED) is 0.0233. The molecule has 0 bridgehead atoms. The molecule has 0 aliphatic heterocycles. The summed E-state index contributed by atoms with van der Waals surface area (Å²) in [4.78, 5) is 35.1. The standard InChI is InChI=1S/C52H87O10P/c1-3-5-7-9-11-13-15-17-19-21-23-24-26-27-29-31-33-35-37-39-41-43-51(55)59-47-50(48-61-63(57,58)60-46-49(54)45-53)62-52(56)44-42-40-38-36-34-32-30-28-25-22-20-18-16-14-12-10-8-6-4-2/h6,8,12,14-15,17-18,20-21,23,25,28,32,34,38,40,49-50,53-54H,3-5,7,9-11,13,16,19,22,24,26-27,29-31,33,35-37,39,41-48H2,1-2H3,(H,57,58)/b8-6-,14-12-,17-15-,20-18-,23-21-,28-25-,34-32-,40-38-. The van der Waals surface area contributed by atoms with E-state index >= 15 is 0 Å². The molecular weight excluding hydrogens is 816 g/mol. The molecule has 0 aliphatic carbocycles. The maximum Gasteiger partial charge on any atom is 0.472 e. The van der Waals surface area contributed by atoms with E-state index in [1.807, 2.05) is 12.2 Å². The molecule has 3 atom stereocenters. The Morgan fingerprint density at radius 2 is 0.905 bits per heavy atom. The van der Waals surface area contributed by atoms with Gasteiger partial charge in [-0.3, -0.25) is 18.6 Å². The minimum atomic E-state index is -4.65. The van der Waals surface area contributed by atoms with Crippen LogP contribution >= 0.6 is 7.82 Å². The topological polar surface area (TPSA) is 149 Å². The Bertz CT molecular complexity index is 1360. The molecule has 63 heavy (non-hydrogen) atoms. The van der Waals surface area contributed by atoms with Crippen molar-refractivity contribution in [2.24, 2.45) is 0 Å². The summed E-state index contributed by atoms with van der Waals surface area (Å²) < 4.78 is 32.7. The van der Waals surface area contributed by atoms with Gasteiger partial charge in [-0.05, 0) is 83.5 Å². The van der Waals surface area contributed by atoms with Gasteiger partial charge in [0.2, 0.25) is 0 Å². The van der Waals surface area contributed by atoms with Crippen molar-refractivity contribution in [3.8, 4) is 0 Å². The summed E-state index contributed by atoms with van der Waals surface area (Å²) in [5.41, 5.74) is 0. The second kappa shape index (κ2) is 46.9. The van der Waals surface area contributed by atoms with Crippen molar-refractivity contribution in [1.29, 1.82) is 0 Å². The molecule has 0 heterocycles. The predicted molar refractivity (Wildman–Crippen MR) is 260 cm³/mol. The fourth-order valence-corrected chi connectivity index (χ4v) is 6.84. The molecule has 11 heteroatoms. The van der Waals surface area contributed by atoms with Gasteiger partial charge in [0.05, 0.1) is 19.8 Å².